The lowest BCUT2D eigenvalue weighted by Crippen LogP contribution is -2.44. The van der Waals surface area contributed by atoms with Crippen molar-refractivity contribution < 1.29 is 4.52 Å². The van der Waals surface area contributed by atoms with Crippen LogP contribution in [0.25, 0.3) is 11.4 Å². The first-order valence-corrected chi connectivity index (χ1v) is 10.3. The number of fused-ring (bicyclic) bond motifs is 2. The summed E-state index contributed by atoms with van der Waals surface area (Å²) >= 11 is 12.5. The minimum Gasteiger partial charge on any atom is -0.339 e. The van der Waals surface area contributed by atoms with E-state index in [9.17, 15) is 0 Å². The number of aromatic nitrogens is 3. The highest BCUT2D eigenvalue weighted by Crippen LogP contribution is 2.51. The molecule has 2 bridgehead atoms. The second-order valence-corrected chi connectivity index (χ2v) is 8.52. The van der Waals surface area contributed by atoms with E-state index in [2.05, 4.69) is 28.2 Å². The number of hydrogen-bond acceptors (Lipinski definition) is 5. The van der Waals surface area contributed by atoms with Gasteiger partial charge in [-0.2, -0.15) is 4.98 Å². The van der Waals surface area contributed by atoms with Gasteiger partial charge in [0.25, 0.3) is 0 Å². The molecule has 0 N–H and O–H groups in total. The zero-order valence-electron chi connectivity index (χ0n) is 15.4. The van der Waals surface area contributed by atoms with Crippen molar-refractivity contribution in [1.29, 1.82) is 0 Å². The summed E-state index contributed by atoms with van der Waals surface area (Å²) in [7, 11) is 2.21. The lowest BCUT2D eigenvalue weighted by Gasteiger charge is -2.41. The van der Waals surface area contributed by atoms with Crippen LogP contribution in [0.3, 0.4) is 0 Å². The quantitative estimate of drug-likeness (QED) is 0.591. The number of rotatable bonds is 3. The van der Waals surface area contributed by atoms with E-state index < -0.39 is 0 Å². The van der Waals surface area contributed by atoms with Crippen molar-refractivity contribution in [2.24, 2.45) is 0 Å². The van der Waals surface area contributed by atoms with E-state index in [-0.39, 0.29) is 11.8 Å². The Hall–Kier alpha value is -1.95. The number of hydrogen-bond donors (Lipinski definition) is 0. The Labute approximate surface area is 173 Å². The third kappa shape index (κ3) is 3.02. The number of pyridine rings is 1. The third-order valence-corrected chi connectivity index (χ3v) is 7.03. The Morgan fingerprint density at radius 1 is 1.14 bits per heavy atom. The Morgan fingerprint density at radius 3 is 2.82 bits per heavy atom. The molecule has 1 aromatic carbocycles. The highest BCUT2D eigenvalue weighted by molar-refractivity contribution is 6.42. The van der Waals surface area contributed by atoms with Crippen molar-refractivity contribution in [3.8, 4) is 11.4 Å². The first kappa shape index (κ1) is 18.1. The Balaban J connectivity index is 1.55. The van der Waals surface area contributed by atoms with Crippen LogP contribution >= 0.6 is 23.2 Å². The molecular formula is C21H20Cl2N4O. The van der Waals surface area contributed by atoms with Gasteiger partial charge >= 0.3 is 0 Å². The van der Waals surface area contributed by atoms with Crippen LogP contribution in [-0.4, -0.2) is 39.2 Å². The molecule has 5 rings (SSSR count). The van der Waals surface area contributed by atoms with Gasteiger partial charge in [0.05, 0.1) is 16.0 Å². The van der Waals surface area contributed by atoms with Gasteiger partial charge in [0, 0.05) is 30.0 Å². The molecule has 0 aliphatic carbocycles. The second kappa shape index (κ2) is 7.14. The second-order valence-electron chi connectivity index (χ2n) is 7.70. The van der Waals surface area contributed by atoms with Gasteiger partial charge in [-0.15, -0.1) is 0 Å². The van der Waals surface area contributed by atoms with Gasteiger partial charge in [0.2, 0.25) is 11.7 Å². The summed E-state index contributed by atoms with van der Waals surface area (Å²) in [6, 6.07) is 10.7. The smallest absolute Gasteiger partial charge is 0.232 e. The molecular weight excluding hydrogens is 395 g/mol. The minimum atomic E-state index is 0.124. The van der Waals surface area contributed by atoms with Gasteiger partial charge in [0.1, 0.15) is 0 Å². The number of halogens is 2. The van der Waals surface area contributed by atoms with Crippen molar-refractivity contribution >= 4 is 23.2 Å². The van der Waals surface area contributed by atoms with Gasteiger partial charge in [0.15, 0.2) is 0 Å². The van der Waals surface area contributed by atoms with Gasteiger partial charge in [-0.1, -0.05) is 34.4 Å². The predicted molar refractivity (Wildman–Crippen MR) is 109 cm³/mol. The molecule has 1 unspecified atom stereocenters. The van der Waals surface area contributed by atoms with Crippen molar-refractivity contribution in [1.82, 2.24) is 20.0 Å². The normalized spacial score (nSPS) is 27.2. The van der Waals surface area contributed by atoms with Gasteiger partial charge in [-0.05, 0) is 62.1 Å². The molecule has 5 nitrogen and oxygen atoms in total. The van der Waals surface area contributed by atoms with E-state index in [1.807, 2.05) is 24.3 Å². The molecule has 0 radical (unpaired) electrons. The number of likely N-dealkylation sites (N-methyl/N-ethyl adjacent to an activating group) is 1. The summed E-state index contributed by atoms with van der Waals surface area (Å²) in [4.78, 5) is 11.4. The largest absolute Gasteiger partial charge is 0.339 e. The SMILES string of the molecule is CN1C2CC[C@@H]1[C@H](c1nc(-c3cccnc3)no1)[C@@H](c1ccc(Cl)c(Cl)c1)C2. The Bertz CT molecular complexity index is 993. The van der Waals surface area contributed by atoms with E-state index in [0.29, 0.717) is 33.8 Å². The summed E-state index contributed by atoms with van der Waals surface area (Å²) in [6.45, 7) is 0. The molecule has 28 heavy (non-hydrogen) atoms. The molecule has 2 fully saturated rings. The fourth-order valence-electron chi connectivity index (χ4n) is 4.87. The first-order valence-electron chi connectivity index (χ1n) is 9.52. The summed E-state index contributed by atoms with van der Waals surface area (Å²) < 4.78 is 5.79. The topological polar surface area (TPSA) is 55.1 Å². The van der Waals surface area contributed by atoms with Crippen LogP contribution in [0.15, 0.2) is 47.2 Å². The van der Waals surface area contributed by atoms with Crippen molar-refractivity contribution in [2.45, 2.75) is 43.2 Å². The van der Waals surface area contributed by atoms with E-state index >= 15 is 0 Å². The summed E-state index contributed by atoms with van der Waals surface area (Å²) in [5.74, 6) is 1.66. The van der Waals surface area contributed by atoms with Gasteiger partial charge < -0.3 is 4.52 Å². The molecule has 2 aliphatic rings. The van der Waals surface area contributed by atoms with Crippen molar-refractivity contribution in [3.63, 3.8) is 0 Å². The van der Waals surface area contributed by atoms with Gasteiger partial charge in [-0.25, -0.2) is 0 Å². The molecule has 4 heterocycles. The maximum Gasteiger partial charge on any atom is 0.232 e. The highest BCUT2D eigenvalue weighted by atomic mass is 35.5. The molecule has 2 aliphatic heterocycles. The maximum absolute atomic E-state index is 6.33. The standard InChI is InChI=1S/C21H20Cl2N4O/c1-27-14-5-7-18(27)19(15(10-14)12-4-6-16(22)17(23)9-12)21-25-20(26-28-21)13-3-2-8-24-11-13/h2-4,6,8-9,11,14-15,18-19H,5,7,10H2,1H3/t14?,15-,18-,19-/m1/s1. The van der Waals surface area contributed by atoms with Crippen molar-refractivity contribution in [3.05, 3.63) is 64.2 Å². The molecule has 0 saturated carbocycles. The number of benzene rings is 1. The average Bonchev–Trinajstić information content (AvgIpc) is 3.28. The maximum atomic E-state index is 6.33. The number of nitrogens with zero attached hydrogens (tertiary/aromatic N) is 4. The monoisotopic (exact) mass is 414 g/mol. The minimum absolute atomic E-state index is 0.124. The van der Waals surface area contributed by atoms with Crippen LogP contribution in [0.4, 0.5) is 0 Å². The molecule has 7 heteroatoms. The summed E-state index contributed by atoms with van der Waals surface area (Å²) in [5.41, 5.74) is 2.04. The van der Waals surface area contributed by atoms with Crippen LogP contribution in [-0.2, 0) is 0 Å². The van der Waals surface area contributed by atoms with E-state index in [0.717, 1.165) is 18.4 Å². The van der Waals surface area contributed by atoms with Crippen LogP contribution in [0.1, 0.15) is 42.6 Å². The Morgan fingerprint density at radius 2 is 2.04 bits per heavy atom. The third-order valence-electron chi connectivity index (χ3n) is 6.29. The Kier molecular flexibility index (Phi) is 4.62. The fourth-order valence-corrected chi connectivity index (χ4v) is 5.18. The van der Waals surface area contributed by atoms with Crippen LogP contribution in [0, 0.1) is 0 Å². The van der Waals surface area contributed by atoms with E-state index in [4.69, 9.17) is 32.7 Å². The molecule has 0 spiro atoms. The number of piperidine rings is 1. The summed E-state index contributed by atoms with van der Waals surface area (Å²) in [5, 5.41) is 5.40. The van der Waals surface area contributed by atoms with Gasteiger partial charge in [-0.3, -0.25) is 9.88 Å². The molecule has 2 aromatic heterocycles. The molecule has 2 saturated heterocycles. The van der Waals surface area contributed by atoms with E-state index in [1.54, 1.807) is 12.4 Å². The molecule has 4 atom stereocenters. The molecule has 0 amide bonds. The van der Waals surface area contributed by atoms with Crippen molar-refractivity contribution in [2.75, 3.05) is 7.05 Å². The molecule has 144 valence electrons. The zero-order valence-corrected chi connectivity index (χ0v) is 16.9. The fraction of sp³-hybridized carbons (Fsp3) is 0.381. The lowest BCUT2D eigenvalue weighted by atomic mass is 9.76. The molecule has 3 aromatic rings. The van der Waals surface area contributed by atoms with Crippen LogP contribution in [0.2, 0.25) is 10.0 Å². The van der Waals surface area contributed by atoms with E-state index in [1.165, 1.54) is 12.0 Å². The lowest BCUT2D eigenvalue weighted by molar-refractivity contribution is 0.120. The zero-order chi connectivity index (χ0) is 19.3. The summed E-state index contributed by atoms with van der Waals surface area (Å²) in [6.07, 6.45) is 6.86. The van der Waals surface area contributed by atoms with Crippen LogP contribution in [0.5, 0.6) is 0 Å². The first-order chi connectivity index (χ1) is 13.6. The average molecular weight is 415 g/mol. The highest BCUT2D eigenvalue weighted by Gasteiger charge is 2.49. The predicted octanol–water partition coefficient (Wildman–Crippen LogP) is 5.17. The van der Waals surface area contributed by atoms with Crippen LogP contribution < -0.4 is 0 Å².